The van der Waals surface area contributed by atoms with Crippen LogP contribution in [0, 0.1) is 5.82 Å². The zero-order chi connectivity index (χ0) is 26.5. The normalized spacial score (nSPS) is 13.7. The molecule has 1 atom stereocenters. The van der Waals surface area contributed by atoms with Crippen LogP contribution >= 0.6 is 0 Å². The van der Waals surface area contributed by atoms with Crippen molar-refractivity contribution in [3.8, 4) is 11.5 Å². The van der Waals surface area contributed by atoms with Gasteiger partial charge in [-0.15, -0.1) is 0 Å². The molecule has 2 aromatic carbocycles. The SMILES string of the molecule is CC[C@H](C(=O)NC(C)C)N(Cc1ccc(F)cc1)C(=O)CN(c1ccc2c(c1)OCCO2)S(C)(=O)=O. The Kier molecular flexibility index (Phi) is 8.78. The quantitative estimate of drug-likeness (QED) is 0.516. The predicted octanol–water partition coefficient (Wildman–Crippen LogP) is 2.69. The maximum Gasteiger partial charge on any atom is 0.244 e. The summed E-state index contributed by atoms with van der Waals surface area (Å²) < 4.78 is 51.0. The Morgan fingerprint density at radius 2 is 1.69 bits per heavy atom. The molecule has 2 amide bonds. The number of benzene rings is 2. The second-order valence-electron chi connectivity index (χ2n) is 8.83. The molecule has 1 aliphatic rings. The van der Waals surface area contributed by atoms with Crippen molar-refractivity contribution in [1.82, 2.24) is 10.2 Å². The van der Waals surface area contributed by atoms with Crippen LogP contribution < -0.4 is 19.1 Å². The second-order valence-corrected chi connectivity index (χ2v) is 10.7. The number of fused-ring (bicyclic) bond motifs is 1. The number of hydrogen-bond acceptors (Lipinski definition) is 6. The lowest BCUT2D eigenvalue weighted by atomic mass is 10.1. The van der Waals surface area contributed by atoms with Gasteiger partial charge in [0.15, 0.2) is 11.5 Å². The molecule has 0 saturated carbocycles. The van der Waals surface area contributed by atoms with Crippen LogP contribution in [0.2, 0.25) is 0 Å². The topological polar surface area (TPSA) is 105 Å². The summed E-state index contributed by atoms with van der Waals surface area (Å²) in [6.45, 7) is 5.56. The van der Waals surface area contributed by atoms with E-state index in [9.17, 15) is 22.4 Å². The number of carbonyl (C=O) groups excluding carboxylic acids is 2. The minimum absolute atomic E-state index is 0.00186. The molecule has 11 heteroatoms. The molecule has 0 saturated heterocycles. The first-order valence-corrected chi connectivity index (χ1v) is 13.6. The molecule has 0 fully saturated rings. The third-order valence-electron chi connectivity index (χ3n) is 5.58. The van der Waals surface area contributed by atoms with Gasteiger partial charge < -0.3 is 19.7 Å². The van der Waals surface area contributed by atoms with Crippen LogP contribution in [0.1, 0.15) is 32.8 Å². The van der Waals surface area contributed by atoms with Gasteiger partial charge in [0.25, 0.3) is 0 Å². The van der Waals surface area contributed by atoms with Crippen molar-refractivity contribution in [3.05, 3.63) is 53.8 Å². The van der Waals surface area contributed by atoms with Gasteiger partial charge in [0.05, 0.1) is 11.9 Å². The third kappa shape index (κ3) is 6.87. The van der Waals surface area contributed by atoms with Crippen LogP contribution in [0.15, 0.2) is 42.5 Å². The highest BCUT2D eigenvalue weighted by molar-refractivity contribution is 7.92. The number of nitrogens with zero attached hydrogens (tertiary/aromatic N) is 2. The highest BCUT2D eigenvalue weighted by Crippen LogP contribution is 2.34. The molecule has 0 aliphatic carbocycles. The minimum Gasteiger partial charge on any atom is -0.486 e. The van der Waals surface area contributed by atoms with Crippen LogP contribution in [0.4, 0.5) is 10.1 Å². The zero-order valence-electron chi connectivity index (χ0n) is 20.9. The smallest absolute Gasteiger partial charge is 0.244 e. The van der Waals surface area contributed by atoms with Crippen LogP contribution in [0.25, 0.3) is 0 Å². The molecule has 3 rings (SSSR count). The Hall–Kier alpha value is -3.34. The highest BCUT2D eigenvalue weighted by atomic mass is 32.2. The number of carbonyl (C=O) groups is 2. The van der Waals surface area contributed by atoms with E-state index in [1.807, 2.05) is 13.8 Å². The molecular formula is C25H32FN3O6S. The number of sulfonamides is 1. The molecule has 0 bridgehead atoms. The number of halogens is 1. The van der Waals surface area contributed by atoms with E-state index in [-0.39, 0.29) is 24.2 Å². The fraction of sp³-hybridized carbons (Fsp3) is 0.440. The summed E-state index contributed by atoms with van der Waals surface area (Å²) in [4.78, 5) is 27.9. The molecule has 9 nitrogen and oxygen atoms in total. The lowest BCUT2D eigenvalue weighted by molar-refractivity contribution is -0.140. The van der Waals surface area contributed by atoms with Gasteiger partial charge in [-0.2, -0.15) is 0 Å². The molecule has 1 N–H and O–H groups in total. The maximum atomic E-state index is 13.6. The zero-order valence-corrected chi connectivity index (χ0v) is 21.7. The monoisotopic (exact) mass is 521 g/mol. The standard InChI is InChI=1S/C25H32FN3O6S/c1-5-21(25(31)27-17(2)3)28(15-18-6-8-19(26)9-7-18)24(30)16-29(36(4,32)33)20-10-11-22-23(14-20)35-13-12-34-22/h6-11,14,17,21H,5,12-13,15-16H2,1-4H3,(H,27,31)/t21-/m1/s1. The number of nitrogens with one attached hydrogen (secondary N) is 1. The van der Waals surface area contributed by atoms with E-state index in [1.54, 1.807) is 13.0 Å². The van der Waals surface area contributed by atoms with Gasteiger partial charge in [-0.25, -0.2) is 12.8 Å². The van der Waals surface area contributed by atoms with Crippen molar-refractivity contribution < 1.29 is 31.9 Å². The van der Waals surface area contributed by atoms with Gasteiger partial charge in [-0.3, -0.25) is 13.9 Å². The van der Waals surface area contributed by atoms with E-state index in [4.69, 9.17) is 9.47 Å². The summed E-state index contributed by atoms with van der Waals surface area (Å²) in [5.74, 6) is -0.494. The maximum absolute atomic E-state index is 13.6. The van der Waals surface area contributed by atoms with E-state index in [0.29, 0.717) is 36.7 Å². The van der Waals surface area contributed by atoms with E-state index in [1.165, 1.54) is 41.3 Å². The fourth-order valence-corrected chi connectivity index (χ4v) is 4.73. The van der Waals surface area contributed by atoms with Crippen LogP contribution in [0.3, 0.4) is 0 Å². The van der Waals surface area contributed by atoms with Gasteiger partial charge in [0.2, 0.25) is 21.8 Å². The Morgan fingerprint density at radius 1 is 1.06 bits per heavy atom. The number of hydrogen-bond donors (Lipinski definition) is 1. The number of anilines is 1. The largest absolute Gasteiger partial charge is 0.486 e. The van der Waals surface area contributed by atoms with E-state index < -0.39 is 34.3 Å². The fourth-order valence-electron chi connectivity index (χ4n) is 3.89. The summed E-state index contributed by atoms with van der Waals surface area (Å²) in [6, 6.07) is 9.22. The van der Waals surface area contributed by atoms with Gasteiger partial charge in [-0.05, 0) is 50.1 Å². The molecule has 36 heavy (non-hydrogen) atoms. The lowest BCUT2D eigenvalue weighted by Gasteiger charge is -2.33. The molecule has 0 spiro atoms. The molecule has 1 heterocycles. The van der Waals surface area contributed by atoms with Crippen molar-refractivity contribution in [2.24, 2.45) is 0 Å². The average molecular weight is 522 g/mol. The second kappa shape index (κ2) is 11.6. The van der Waals surface area contributed by atoms with Crippen molar-refractivity contribution in [3.63, 3.8) is 0 Å². The summed E-state index contributed by atoms with van der Waals surface area (Å²) in [6.07, 6.45) is 1.30. The molecular weight excluding hydrogens is 489 g/mol. The van der Waals surface area contributed by atoms with Gasteiger partial charge in [0.1, 0.15) is 31.6 Å². The molecule has 2 aromatic rings. The predicted molar refractivity (Wildman–Crippen MR) is 134 cm³/mol. The van der Waals surface area contributed by atoms with E-state index >= 15 is 0 Å². The number of rotatable bonds is 10. The van der Waals surface area contributed by atoms with E-state index in [0.717, 1.165) is 10.6 Å². The summed E-state index contributed by atoms with van der Waals surface area (Å²) in [7, 11) is -3.88. The summed E-state index contributed by atoms with van der Waals surface area (Å²) >= 11 is 0. The lowest BCUT2D eigenvalue weighted by Crippen LogP contribution is -2.53. The molecule has 0 unspecified atom stereocenters. The van der Waals surface area contributed by atoms with Crippen LogP contribution in [0.5, 0.6) is 11.5 Å². The van der Waals surface area contributed by atoms with Crippen molar-refractivity contribution in [2.75, 3.05) is 30.3 Å². The van der Waals surface area contributed by atoms with Crippen molar-refractivity contribution in [2.45, 2.75) is 45.8 Å². The highest BCUT2D eigenvalue weighted by Gasteiger charge is 2.32. The third-order valence-corrected chi connectivity index (χ3v) is 6.72. The Balaban J connectivity index is 1.95. The first-order chi connectivity index (χ1) is 17.0. The van der Waals surface area contributed by atoms with Crippen molar-refractivity contribution >= 4 is 27.5 Å². The van der Waals surface area contributed by atoms with Gasteiger partial charge >= 0.3 is 0 Å². The number of amides is 2. The minimum atomic E-state index is -3.88. The molecule has 1 aliphatic heterocycles. The Labute approximate surface area is 211 Å². The van der Waals surface area contributed by atoms with Gasteiger partial charge in [0, 0.05) is 18.7 Å². The summed E-state index contributed by atoms with van der Waals surface area (Å²) in [5.41, 5.74) is 0.835. The number of ether oxygens (including phenoxy) is 2. The Morgan fingerprint density at radius 3 is 2.28 bits per heavy atom. The Bertz CT molecular complexity index is 1190. The van der Waals surface area contributed by atoms with Crippen molar-refractivity contribution in [1.29, 1.82) is 0 Å². The van der Waals surface area contributed by atoms with Crippen LogP contribution in [-0.4, -0.2) is 63.2 Å². The first-order valence-electron chi connectivity index (χ1n) is 11.7. The molecule has 0 aromatic heterocycles. The van der Waals surface area contributed by atoms with E-state index in [2.05, 4.69) is 5.32 Å². The first kappa shape index (κ1) is 27.3. The molecule has 0 radical (unpaired) electrons. The van der Waals surface area contributed by atoms with Gasteiger partial charge in [-0.1, -0.05) is 19.1 Å². The van der Waals surface area contributed by atoms with Crippen LogP contribution in [-0.2, 0) is 26.2 Å². The average Bonchev–Trinajstić information content (AvgIpc) is 2.82. The summed E-state index contributed by atoms with van der Waals surface area (Å²) in [5, 5.41) is 2.82. The molecule has 196 valence electrons.